The van der Waals surface area contributed by atoms with Gasteiger partial charge in [-0.1, -0.05) is 24.6 Å². The SMILES string of the molecule is CC(OC(=O)OC1CCCCC1)OC(=O)[C@@H](Cc1c[nH]c2ccccc12)NC(=O)CC[C@@H](N)C(=O)O. The Balaban J connectivity index is 1.62. The molecule has 3 atom stereocenters. The van der Waals surface area contributed by atoms with E-state index in [0.29, 0.717) is 0 Å². The van der Waals surface area contributed by atoms with Crippen LogP contribution in [0.25, 0.3) is 10.9 Å². The Kier molecular flexibility index (Phi) is 9.69. The van der Waals surface area contributed by atoms with Crippen LogP contribution >= 0.6 is 0 Å². The smallest absolute Gasteiger partial charge is 0.480 e. The lowest BCUT2D eigenvalue weighted by molar-refractivity contribution is -0.172. The predicted octanol–water partition coefficient (Wildman–Crippen LogP) is 2.76. The second-order valence-corrected chi connectivity index (χ2v) is 8.92. The van der Waals surface area contributed by atoms with Crippen molar-refractivity contribution in [1.29, 1.82) is 0 Å². The minimum Gasteiger partial charge on any atom is -0.480 e. The van der Waals surface area contributed by atoms with Gasteiger partial charge in [-0.05, 0) is 43.7 Å². The number of benzene rings is 1. The molecule has 1 fully saturated rings. The highest BCUT2D eigenvalue weighted by Crippen LogP contribution is 2.22. The molecule has 5 N–H and O–H groups in total. The lowest BCUT2D eigenvalue weighted by Crippen LogP contribution is -2.45. The van der Waals surface area contributed by atoms with Gasteiger partial charge in [0.1, 0.15) is 18.2 Å². The number of para-hydroxylation sites is 1. The van der Waals surface area contributed by atoms with E-state index >= 15 is 0 Å². The Morgan fingerprint density at radius 3 is 2.58 bits per heavy atom. The normalized spacial score (nSPS) is 16.5. The van der Waals surface area contributed by atoms with Crippen molar-refractivity contribution in [2.75, 3.05) is 0 Å². The first-order chi connectivity index (χ1) is 17.2. The molecule has 1 saturated carbocycles. The van der Waals surface area contributed by atoms with Crippen LogP contribution in [0.5, 0.6) is 0 Å². The molecule has 36 heavy (non-hydrogen) atoms. The van der Waals surface area contributed by atoms with Crippen molar-refractivity contribution in [3.05, 3.63) is 36.0 Å². The molecule has 0 spiro atoms. The van der Waals surface area contributed by atoms with Gasteiger partial charge < -0.3 is 35.4 Å². The van der Waals surface area contributed by atoms with Gasteiger partial charge in [-0.15, -0.1) is 0 Å². The third-order valence-corrected chi connectivity index (χ3v) is 6.08. The van der Waals surface area contributed by atoms with Crippen molar-refractivity contribution in [3.63, 3.8) is 0 Å². The summed E-state index contributed by atoms with van der Waals surface area (Å²) in [4.78, 5) is 51.6. The molecule has 1 heterocycles. The number of fused-ring (bicyclic) bond motifs is 1. The summed E-state index contributed by atoms with van der Waals surface area (Å²) in [6.07, 6.45) is 3.80. The molecule has 1 amide bonds. The summed E-state index contributed by atoms with van der Waals surface area (Å²) in [5.41, 5.74) is 7.10. The Morgan fingerprint density at radius 2 is 1.86 bits per heavy atom. The summed E-state index contributed by atoms with van der Waals surface area (Å²) in [7, 11) is 0. The molecule has 1 unspecified atom stereocenters. The molecule has 1 aromatic heterocycles. The number of aliphatic carboxylic acids is 1. The maximum absolute atomic E-state index is 13.0. The number of carbonyl (C=O) groups is 4. The van der Waals surface area contributed by atoms with E-state index in [9.17, 15) is 19.2 Å². The summed E-state index contributed by atoms with van der Waals surface area (Å²) < 4.78 is 15.7. The van der Waals surface area contributed by atoms with Gasteiger partial charge in [0.25, 0.3) is 0 Å². The number of nitrogens with two attached hydrogens (primary N) is 1. The minimum atomic E-state index is -1.24. The fraction of sp³-hybridized carbons (Fsp3) is 0.520. The summed E-state index contributed by atoms with van der Waals surface area (Å²) in [6.45, 7) is 1.39. The molecule has 1 aromatic carbocycles. The Bertz CT molecular complexity index is 1060. The van der Waals surface area contributed by atoms with Crippen LogP contribution in [-0.2, 0) is 35.0 Å². The molecule has 1 aliphatic carbocycles. The molecule has 0 aliphatic heterocycles. The van der Waals surface area contributed by atoms with Gasteiger partial charge in [0.05, 0.1) is 0 Å². The average Bonchev–Trinajstić information content (AvgIpc) is 3.25. The number of esters is 1. The topological polar surface area (TPSA) is 170 Å². The van der Waals surface area contributed by atoms with Gasteiger partial charge >= 0.3 is 18.1 Å². The van der Waals surface area contributed by atoms with Gasteiger partial charge in [-0.25, -0.2) is 9.59 Å². The zero-order valence-electron chi connectivity index (χ0n) is 20.2. The first kappa shape index (κ1) is 27.0. The third kappa shape index (κ3) is 7.98. The van der Waals surface area contributed by atoms with Crippen LogP contribution in [0.15, 0.2) is 30.5 Å². The van der Waals surface area contributed by atoms with Gasteiger partial charge in [-0.3, -0.25) is 9.59 Å². The number of aromatic amines is 1. The highest BCUT2D eigenvalue weighted by molar-refractivity contribution is 5.87. The van der Waals surface area contributed by atoms with E-state index in [1.165, 1.54) is 6.92 Å². The Morgan fingerprint density at radius 1 is 1.14 bits per heavy atom. The van der Waals surface area contributed by atoms with E-state index in [1.54, 1.807) is 6.20 Å². The van der Waals surface area contributed by atoms with E-state index in [-0.39, 0.29) is 25.4 Å². The van der Waals surface area contributed by atoms with Crippen LogP contribution in [0, 0.1) is 0 Å². The number of nitrogens with one attached hydrogen (secondary N) is 2. The Labute approximate surface area is 208 Å². The van der Waals surface area contributed by atoms with Crippen LogP contribution in [0.2, 0.25) is 0 Å². The van der Waals surface area contributed by atoms with Crippen LogP contribution in [-0.4, -0.2) is 58.6 Å². The number of carboxylic acid groups (broad SMARTS) is 1. The maximum atomic E-state index is 13.0. The quantitative estimate of drug-likeness (QED) is 0.266. The van der Waals surface area contributed by atoms with Gasteiger partial charge in [0.15, 0.2) is 0 Å². The second-order valence-electron chi connectivity index (χ2n) is 8.92. The molecule has 2 aromatic rings. The van der Waals surface area contributed by atoms with Crippen LogP contribution in [0.1, 0.15) is 57.4 Å². The molecule has 11 heteroatoms. The number of carboxylic acids is 1. The van der Waals surface area contributed by atoms with Crippen molar-refractivity contribution < 1.29 is 38.5 Å². The Hall–Kier alpha value is -3.60. The van der Waals surface area contributed by atoms with Gasteiger partial charge in [0.2, 0.25) is 12.2 Å². The van der Waals surface area contributed by atoms with E-state index in [2.05, 4.69) is 10.3 Å². The summed E-state index contributed by atoms with van der Waals surface area (Å²) in [6, 6.07) is 5.17. The molecule has 11 nitrogen and oxygen atoms in total. The van der Waals surface area contributed by atoms with E-state index in [4.69, 9.17) is 25.1 Å². The number of hydrogen-bond donors (Lipinski definition) is 4. The number of hydrogen-bond acceptors (Lipinski definition) is 8. The highest BCUT2D eigenvalue weighted by atomic mass is 16.8. The van der Waals surface area contributed by atoms with E-state index in [0.717, 1.165) is 48.6 Å². The highest BCUT2D eigenvalue weighted by Gasteiger charge is 2.28. The molecular weight excluding hydrogens is 470 g/mol. The van der Waals surface area contributed by atoms with E-state index in [1.807, 2.05) is 24.3 Å². The van der Waals surface area contributed by atoms with Crippen molar-refractivity contribution in [3.8, 4) is 0 Å². The zero-order valence-corrected chi connectivity index (χ0v) is 20.2. The van der Waals surface area contributed by atoms with Crippen LogP contribution < -0.4 is 11.1 Å². The van der Waals surface area contributed by atoms with Crippen molar-refractivity contribution in [1.82, 2.24) is 10.3 Å². The predicted molar refractivity (Wildman–Crippen MR) is 129 cm³/mol. The monoisotopic (exact) mass is 503 g/mol. The number of amides is 1. The first-order valence-electron chi connectivity index (χ1n) is 12.1. The fourth-order valence-electron chi connectivity index (χ4n) is 4.14. The molecule has 0 bridgehead atoms. The number of H-pyrrole nitrogens is 1. The largest absolute Gasteiger partial charge is 0.511 e. The first-order valence-corrected chi connectivity index (χ1v) is 12.1. The van der Waals surface area contributed by atoms with E-state index < -0.39 is 42.4 Å². The van der Waals surface area contributed by atoms with Crippen molar-refractivity contribution in [2.45, 2.75) is 82.8 Å². The van der Waals surface area contributed by atoms with Crippen molar-refractivity contribution in [2.24, 2.45) is 5.73 Å². The maximum Gasteiger partial charge on any atom is 0.511 e. The second kappa shape index (κ2) is 12.9. The minimum absolute atomic E-state index is 0.0947. The average molecular weight is 504 g/mol. The van der Waals surface area contributed by atoms with Crippen LogP contribution in [0.4, 0.5) is 4.79 Å². The molecular formula is C25H33N3O8. The van der Waals surface area contributed by atoms with Crippen LogP contribution in [0.3, 0.4) is 0 Å². The molecule has 196 valence electrons. The van der Waals surface area contributed by atoms with Gasteiger partial charge in [0, 0.05) is 36.9 Å². The summed E-state index contributed by atoms with van der Waals surface area (Å²) in [5.74, 6) is -2.59. The lowest BCUT2D eigenvalue weighted by atomic mass is 9.98. The van der Waals surface area contributed by atoms with Gasteiger partial charge in [-0.2, -0.15) is 0 Å². The van der Waals surface area contributed by atoms with Crippen molar-refractivity contribution >= 4 is 34.9 Å². The number of aromatic nitrogens is 1. The standard InChI is InChI=1S/C25H33N3O8/c1-15(35-25(33)36-17-7-3-2-4-8-17)34-24(32)21(28-22(29)12-11-19(26)23(30)31)13-16-14-27-20-10-6-5-9-18(16)20/h5-6,9-10,14-15,17,19,21,27H,2-4,7-8,11-13,26H2,1H3,(H,28,29)(H,30,31)/t15?,19-,21-/m1/s1. The summed E-state index contributed by atoms with van der Waals surface area (Å²) >= 11 is 0. The molecule has 1 aliphatic rings. The molecule has 0 radical (unpaired) electrons. The zero-order chi connectivity index (χ0) is 26.1. The fourth-order valence-corrected chi connectivity index (χ4v) is 4.14. The lowest BCUT2D eigenvalue weighted by Gasteiger charge is -2.23. The number of ether oxygens (including phenoxy) is 3. The summed E-state index contributed by atoms with van der Waals surface area (Å²) in [5, 5.41) is 12.4. The number of carbonyl (C=O) groups excluding carboxylic acids is 3. The molecule has 3 rings (SSSR count). The number of rotatable bonds is 11. The third-order valence-electron chi connectivity index (χ3n) is 6.08. The molecule has 0 saturated heterocycles.